The van der Waals surface area contributed by atoms with Gasteiger partial charge in [0.05, 0.1) is 11.4 Å². The van der Waals surface area contributed by atoms with Gasteiger partial charge in [-0.2, -0.15) is 0 Å². The molecule has 1 aliphatic carbocycles. The van der Waals surface area contributed by atoms with Crippen molar-refractivity contribution >= 4 is 50.0 Å². The molecule has 2 fully saturated rings. The first kappa shape index (κ1) is 29.2. The van der Waals surface area contributed by atoms with Gasteiger partial charge >= 0.3 is 0 Å². The number of nitrogens with zero attached hydrogens (tertiary/aromatic N) is 4. The van der Waals surface area contributed by atoms with Crippen molar-refractivity contribution in [3.63, 3.8) is 0 Å². The molecule has 0 spiro atoms. The van der Waals surface area contributed by atoms with Gasteiger partial charge in [0.2, 0.25) is 0 Å². The average Bonchev–Trinajstić information content (AvgIpc) is 3.14. The van der Waals surface area contributed by atoms with E-state index >= 15 is 0 Å². The second-order valence-corrected chi connectivity index (χ2v) is 14.9. The molecule has 0 radical (unpaired) electrons. The van der Waals surface area contributed by atoms with Gasteiger partial charge in [0.1, 0.15) is 0 Å². The lowest BCUT2D eigenvalue weighted by Gasteiger charge is -2.40. The summed E-state index contributed by atoms with van der Waals surface area (Å²) >= 11 is 0. The third-order valence-electron chi connectivity index (χ3n) is 11.8. The van der Waals surface area contributed by atoms with E-state index in [2.05, 4.69) is 99.3 Å². The zero-order valence-corrected chi connectivity index (χ0v) is 28.3. The molecule has 4 heteroatoms. The van der Waals surface area contributed by atoms with Crippen molar-refractivity contribution in [3.05, 3.63) is 89.6 Å². The molecule has 47 heavy (non-hydrogen) atoms. The van der Waals surface area contributed by atoms with Crippen LogP contribution in [0.2, 0.25) is 0 Å². The van der Waals surface area contributed by atoms with Gasteiger partial charge in [0, 0.05) is 83.6 Å². The zero-order valence-electron chi connectivity index (χ0n) is 28.3. The molecular formula is C43H50N4. The number of hydrogen-bond acceptors (Lipinski definition) is 4. The third-order valence-corrected chi connectivity index (χ3v) is 11.8. The molecule has 0 bridgehead atoms. The van der Waals surface area contributed by atoms with Crippen LogP contribution in [0.1, 0.15) is 76.7 Å². The molecule has 1 unspecified atom stereocenters. The van der Waals surface area contributed by atoms with Gasteiger partial charge in [-0.3, -0.25) is 0 Å². The van der Waals surface area contributed by atoms with E-state index in [0.717, 1.165) is 25.9 Å². The number of piperidine rings is 2. The first-order valence-corrected chi connectivity index (χ1v) is 18.8. The highest BCUT2D eigenvalue weighted by Gasteiger charge is 2.30. The number of hydrogen-bond donors (Lipinski definition) is 0. The number of aryl methyl sites for hydroxylation is 1. The Labute approximate surface area is 281 Å². The van der Waals surface area contributed by atoms with Gasteiger partial charge in [-0.1, -0.05) is 49.4 Å². The van der Waals surface area contributed by atoms with Gasteiger partial charge in [-0.15, -0.1) is 0 Å². The average molecular weight is 623 g/mol. The summed E-state index contributed by atoms with van der Waals surface area (Å²) in [6.45, 7) is 9.21. The predicted octanol–water partition coefficient (Wildman–Crippen LogP) is 10.5. The lowest BCUT2D eigenvalue weighted by atomic mass is 9.87. The fourth-order valence-electron chi connectivity index (χ4n) is 9.41. The van der Waals surface area contributed by atoms with Gasteiger partial charge in [-0.05, 0) is 118 Å². The van der Waals surface area contributed by atoms with Crippen molar-refractivity contribution in [2.45, 2.75) is 77.6 Å². The van der Waals surface area contributed by atoms with Crippen molar-refractivity contribution in [1.82, 2.24) is 0 Å². The Kier molecular flexibility index (Phi) is 7.63. The maximum atomic E-state index is 2.78. The molecule has 242 valence electrons. The van der Waals surface area contributed by atoms with Crippen molar-refractivity contribution in [2.24, 2.45) is 5.92 Å². The topological polar surface area (TPSA) is 13.0 Å². The van der Waals surface area contributed by atoms with Crippen LogP contribution in [-0.2, 0) is 6.42 Å². The lowest BCUT2D eigenvalue weighted by Crippen LogP contribution is -2.32. The van der Waals surface area contributed by atoms with Crippen LogP contribution in [0.3, 0.4) is 0 Å². The smallest absolute Gasteiger partial charge is 0.0572 e. The van der Waals surface area contributed by atoms with Crippen LogP contribution in [0.5, 0.6) is 0 Å². The Morgan fingerprint density at radius 3 is 1.83 bits per heavy atom. The summed E-state index contributed by atoms with van der Waals surface area (Å²) in [4.78, 5) is 10.8. The monoisotopic (exact) mass is 622 g/mol. The SMILES string of the molecule is CC1C=CC2=C(C1)N(c1c3cc(N4CCCCC4)ccc3c(N3CCCc4ccccc43)c3cc(N4CCCCC4)ccc13)CCC2. The third kappa shape index (κ3) is 5.19. The Bertz CT molecular complexity index is 1870. The van der Waals surface area contributed by atoms with E-state index in [1.54, 1.807) is 11.3 Å². The highest BCUT2D eigenvalue weighted by atomic mass is 15.2. The minimum atomic E-state index is 0.575. The lowest BCUT2D eigenvalue weighted by molar-refractivity contribution is 0.578. The zero-order chi connectivity index (χ0) is 31.3. The standard InChI is InChI=1S/C43H50N4/c1-31-16-17-33-14-11-27-47(41(33)28-31)43-37-21-19-34(44-22-6-2-7-23-44)29-38(37)42(46-26-10-13-32-12-4-5-15-40(32)46)36-20-18-35(30-39(36)43)45-24-8-3-9-25-45/h4-5,12,15-21,29-31H,2-3,6-11,13-14,22-28H2,1H3. The van der Waals surface area contributed by atoms with E-state index in [1.165, 1.54) is 140 Å². The van der Waals surface area contributed by atoms with Crippen LogP contribution in [0, 0.1) is 5.92 Å². The van der Waals surface area contributed by atoms with Crippen molar-refractivity contribution in [2.75, 3.05) is 58.9 Å². The fraction of sp³-hybridized carbons (Fsp3) is 0.442. The molecule has 9 rings (SSSR count). The Morgan fingerprint density at radius 2 is 1.15 bits per heavy atom. The molecule has 5 aliphatic rings. The molecule has 0 N–H and O–H groups in total. The Hall–Kier alpha value is -3.92. The first-order chi connectivity index (χ1) is 23.2. The minimum Gasteiger partial charge on any atom is -0.372 e. The summed E-state index contributed by atoms with van der Waals surface area (Å²) in [5.41, 5.74) is 11.7. The summed E-state index contributed by atoms with van der Waals surface area (Å²) in [7, 11) is 0. The van der Waals surface area contributed by atoms with E-state index in [0.29, 0.717) is 5.92 Å². The maximum absolute atomic E-state index is 2.78. The van der Waals surface area contributed by atoms with E-state index in [-0.39, 0.29) is 0 Å². The molecular weight excluding hydrogens is 573 g/mol. The molecule has 0 amide bonds. The van der Waals surface area contributed by atoms with Crippen molar-refractivity contribution < 1.29 is 0 Å². The van der Waals surface area contributed by atoms with Crippen LogP contribution in [-0.4, -0.2) is 39.3 Å². The van der Waals surface area contributed by atoms with Crippen LogP contribution in [0.25, 0.3) is 21.5 Å². The second kappa shape index (κ2) is 12.3. The van der Waals surface area contributed by atoms with Crippen molar-refractivity contribution in [3.8, 4) is 0 Å². The summed E-state index contributed by atoms with van der Waals surface area (Å²) in [6, 6.07) is 24.3. The normalized spacial score (nSPS) is 21.9. The highest BCUT2D eigenvalue weighted by molar-refractivity contribution is 6.22. The number of allylic oxidation sites excluding steroid dienone is 4. The van der Waals surface area contributed by atoms with Crippen LogP contribution in [0.4, 0.5) is 28.4 Å². The number of benzene rings is 4. The molecule has 4 nitrogen and oxygen atoms in total. The molecule has 4 aromatic carbocycles. The fourth-order valence-corrected chi connectivity index (χ4v) is 9.41. The van der Waals surface area contributed by atoms with Gasteiger partial charge < -0.3 is 19.6 Å². The van der Waals surface area contributed by atoms with Crippen LogP contribution in [0.15, 0.2) is 84.1 Å². The summed E-state index contributed by atoms with van der Waals surface area (Å²) in [5.74, 6) is 0.575. The molecule has 0 aromatic heterocycles. The molecule has 4 aromatic rings. The second-order valence-electron chi connectivity index (χ2n) is 14.9. The number of anilines is 5. The van der Waals surface area contributed by atoms with Crippen LogP contribution >= 0.6 is 0 Å². The van der Waals surface area contributed by atoms with E-state index in [1.807, 2.05) is 0 Å². The largest absolute Gasteiger partial charge is 0.372 e. The summed E-state index contributed by atoms with van der Waals surface area (Å²) < 4.78 is 0. The Balaban J connectivity index is 1.35. The number of rotatable bonds is 4. The quantitative estimate of drug-likeness (QED) is 0.210. The summed E-state index contributed by atoms with van der Waals surface area (Å²) in [5, 5.41) is 5.68. The highest BCUT2D eigenvalue weighted by Crippen LogP contribution is 2.51. The molecule has 2 saturated heterocycles. The molecule has 4 aliphatic heterocycles. The van der Waals surface area contributed by atoms with E-state index < -0.39 is 0 Å². The van der Waals surface area contributed by atoms with Crippen LogP contribution < -0.4 is 19.6 Å². The number of para-hydroxylation sites is 1. The predicted molar refractivity (Wildman–Crippen MR) is 202 cm³/mol. The van der Waals surface area contributed by atoms with E-state index in [4.69, 9.17) is 0 Å². The van der Waals surface area contributed by atoms with E-state index in [9.17, 15) is 0 Å². The Morgan fingerprint density at radius 1 is 0.553 bits per heavy atom. The molecule has 0 saturated carbocycles. The maximum Gasteiger partial charge on any atom is 0.0572 e. The van der Waals surface area contributed by atoms with Gasteiger partial charge in [-0.25, -0.2) is 0 Å². The first-order valence-electron chi connectivity index (χ1n) is 18.8. The molecule has 1 atom stereocenters. The van der Waals surface area contributed by atoms with Crippen molar-refractivity contribution in [1.29, 1.82) is 0 Å². The minimum absolute atomic E-state index is 0.575. The van der Waals surface area contributed by atoms with Gasteiger partial charge in [0.25, 0.3) is 0 Å². The van der Waals surface area contributed by atoms with Gasteiger partial charge in [0.15, 0.2) is 0 Å². The molecule has 4 heterocycles. The summed E-state index contributed by atoms with van der Waals surface area (Å²) in [6.07, 6.45) is 18.7. The number of fused-ring (bicyclic) bond motifs is 3.